The van der Waals surface area contributed by atoms with Crippen molar-refractivity contribution >= 4 is 79.6 Å². The maximum atomic E-state index is 13.4. The van der Waals surface area contributed by atoms with E-state index in [0.717, 1.165) is 21.6 Å². The SMILES string of the molecule is Cc1ccc(N(CC(=O)O)CC(=O)O)c(OC2C(Oc3cc4cc(C)oc4cc3N(CC(=O)O)CC(=O)O)C23NC(=S)SC3=O)c1. The number of anilines is 2. The van der Waals surface area contributed by atoms with Gasteiger partial charge in [0.1, 0.15) is 53.3 Å². The number of ether oxygens (including phenoxy) is 2. The number of fused-ring (bicyclic) bond motifs is 1. The Bertz CT molecular complexity index is 1760. The molecule has 242 valence electrons. The van der Waals surface area contributed by atoms with Crippen LogP contribution in [0.1, 0.15) is 11.3 Å². The molecule has 46 heavy (non-hydrogen) atoms. The standard InChI is InChI=1S/C29H27N3O12S2/c1-13-3-4-16(31(9-21(33)34)10-22(35)36)19(5-13)43-25-26(29(25)27(41)46-28(45)30-29)44-20-7-15-6-14(2)42-18(15)8-17(20)32(11-23(37)38)12-24(39)40/h3-8,25-26H,9-12H2,1-2H3,(H,30,45)(H,33,34)(H,35,36)(H,37,38)(H,39,40). The number of nitrogens with zero attached hydrogens (tertiary/aromatic N) is 2. The zero-order valence-corrected chi connectivity index (χ0v) is 25.8. The van der Waals surface area contributed by atoms with E-state index in [1.807, 2.05) is 0 Å². The summed E-state index contributed by atoms with van der Waals surface area (Å²) in [5, 5.41) is 41.0. The number of carboxylic acid groups (broad SMARTS) is 4. The first-order valence-corrected chi connectivity index (χ1v) is 14.8. The van der Waals surface area contributed by atoms with Crippen molar-refractivity contribution in [1.82, 2.24) is 5.32 Å². The molecule has 1 aromatic heterocycles. The zero-order chi connectivity index (χ0) is 33.5. The Morgan fingerprint density at radius 1 is 0.848 bits per heavy atom. The third-order valence-electron chi connectivity index (χ3n) is 7.23. The van der Waals surface area contributed by atoms with Crippen LogP contribution in [0, 0.1) is 13.8 Å². The Morgan fingerprint density at radius 2 is 1.37 bits per heavy atom. The molecule has 3 unspecified atom stereocenters. The summed E-state index contributed by atoms with van der Waals surface area (Å²) in [5.74, 6) is -4.53. The Kier molecular flexibility index (Phi) is 8.72. The first kappa shape index (κ1) is 32.4. The molecule has 5 N–H and O–H groups in total. The summed E-state index contributed by atoms with van der Waals surface area (Å²) in [7, 11) is 0. The predicted molar refractivity (Wildman–Crippen MR) is 167 cm³/mol. The van der Waals surface area contributed by atoms with Gasteiger partial charge in [0.2, 0.25) is 5.12 Å². The van der Waals surface area contributed by atoms with Crippen molar-refractivity contribution in [3.63, 3.8) is 0 Å². The van der Waals surface area contributed by atoms with Crippen LogP contribution in [0.3, 0.4) is 0 Å². The van der Waals surface area contributed by atoms with Crippen molar-refractivity contribution in [3.8, 4) is 11.5 Å². The van der Waals surface area contributed by atoms with Gasteiger partial charge in [-0.05, 0) is 55.4 Å². The van der Waals surface area contributed by atoms with Crippen LogP contribution < -0.4 is 24.6 Å². The number of hydrogen-bond donors (Lipinski definition) is 5. The minimum atomic E-state index is -1.53. The van der Waals surface area contributed by atoms with E-state index in [0.29, 0.717) is 22.3 Å². The van der Waals surface area contributed by atoms with Crippen LogP contribution in [0.5, 0.6) is 11.5 Å². The smallest absolute Gasteiger partial charge is 0.323 e. The second-order valence-corrected chi connectivity index (χ2v) is 12.4. The molecule has 1 aliphatic heterocycles. The van der Waals surface area contributed by atoms with E-state index in [4.69, 9.17) is 26.1 Å². The average Bonchev–Trinajstić information content (AvgIpc) is 3.16. The fraction of sp³-hybridized carbons (Fsp3) is 0.310. The van der Waals surface area contributed by atoms with Gasteiger partial charge < -0.3 is 49.4 Å². The van der Waals surface area contributed by atoms with Gasteiger partial charge in [0.15, 0.2) is 17.7 Å². The number of thiocarbonyl (C=S) groups is 1. The van der Waals surface area contributed by atoms with Crippen molar-refractivity contribution in [2.75, 3.05) is 36.0 Å². The molecule has 17 heteroatoms. The van der Waals surface area contributed by atoms with E-state index in [9.17, 15) is 44.4 Å². The lowest BCUT2D eigenvalue weighted by Crippen LogP contribution is -2.39. The molecule has 1 spiro atoms. The molecule has 15 nitrogen and oxygen atoms in total. The molecular formula is C29H27N3O12S2. The predicted octanol–water partition coefficient (Wildman–Crippen LogP) is 2.10. The molecule has 3 aromatic rings. The second kappa shape index (κ2) is 12.4. The topological polar surface area (TPSA) is 216 Å². The molecule has 2 aliphatic rings. The summed E-state index contributed by atoms with van der Waals surface area (Å²) in [6, 6.07) is 9.40. The molecule has 0 bridgehead atoms. The summed E-state index contributed by atoms with van der Waals surface area (Å²) in [6.07, 6.45) is -2.19. The van der Waals surface area contributed by atoms with E-state index >= 15 is 0 Å². The zero-order valence-electron chi connectivity index (χ0n) is 24.2. The van der Waals surface area contributed by atoms with E-state index in [1.165, 1.54) is 18.2 Å². The van der Waals surface area contributed by atoms with Crippen molar-refractivity contribution in [1.29, 1.82) is 0 Å². The van der Waals surface area contributed by atoms with Crippen LogP contribution in [0.15, 0.2) is 40.8 Å². The molecule has 2 aromatic carbocycles. The fourth-order valence-corrected chi connectivity index (χ4v) is 6.55. The van der Waals surface area contributed by atoms with Gasteiger partial charge in [0.25, 0.3) is 0 Å². The fourth-order valence-electron chi connectivity index (χ4n) is 5.31. The number of carbonyl (C=O) groups is 5. The number of hydrogen-bond acceptors (Lipinski definition) is 12. The quantitative estimate of drug-likeness (QED) is 0.155. The van der Waals surface area contributed by atoms with Gasteiger partial charge in [-0.3, -0.25) is 24.0 Å². The van der Waals surface area contributed by atoms with Crippen LogP contribution in [-0.4, -0.2) is 97.7 Å². The number of aryl methyl sites for hydroxylation is 2. The van der Waals surface area contributed by atoms with Crippen LogP contribution in [0.4, 0.5) is 11.4 Å². The molecule has 3 atom stereocenters. The molecule has 0 amide bonds. The Labute approximate surface area is 269 Å². The molecule has 0 radical (unpaired) electrons. The number of carbonyl (C=O) groups excluding carboxylic acids is 1. The highest BCUT2D eigenvalue weighted by molar-refractivity contribution is 8.33. The van der Waals surface area contributed by atoms with E-state index in [-0.39, 0.29) is 27.2 Å². The van der Waals surface area contributed by atoms with Crippen LogP contribution in [0.2, 0.25) is 0 Å². The Balaban J connectivity index is 1.57. The number of furan rings is 1. The largest absolute Gasteiger partial charge is 0.481 e. The minimum Gasteiger partial charge on any atom is -0.481 e. The highest BCUT2D eigenvalue weighted by atomic mass is 32.2. The molecular weight excluding hydrogens is 646 g/mol. The average molecular weight is 674 g/mol. The number of nitrogens with one attached hydrogen (secondary N) is 1. The number of carboxylic acids is 4. The maximum absolute atomic E-state index is 13.4. The van der Waals surface area contributed by atoms with Gasteiger partial charge in [-0.2, -0.15) is 0 Å². The summed E-state index contributed by atoms with van der Waals surface area (Å²) < 4.78 is 18.5. The summed E-state index contributed by atoms with van der Waals surface area (Å²) in [4.78, 5) is 62.1. The summed E-state index contributed by atoms with van der Waals surface area (Å²) in [5.41, 5.74) is -0.295. The maximum Gasteiger partial charge on any atom is 0.323 e. The monoisotopic (exact) mass is 673 g/mol. The van der Waals surface area contributed by atoms with Gasteiger partial charge in [-0.25, -0.2) is 0 Å². The lowest BCUT2D eigenvalue weighted by atomic mass is 10.2. The lowest BCUT2D eigenvalue weighted by Gasteiger charge is -2.24. The van der Waals surface area contributed by atoms with Crippen molar-refractivity contribution in [3.05, 3.63) is 47.7 Å². The molecule has 1 aliphatic carbocycles. The third kappa shape index (κ3) is 6.50. The highest BCUT2D eigenvalue weighted by Gasteiger charge is 2.78. The summed E-state index contributed by atoms with van der Waals surface area (Å²) in [6.45, 7) is 0.726. The number of thioether (sulfide) groups is 1. The van der Waals surface area contributed by atoms with Gasteiger partial charge in [-0.1, -0.05) is 18.3 Å². The second-order valence-electron chi connectivity index (χ2n) is 10.7. The minimum absolute atomic E-state index is 0.0338. The van der Waals surface area contributed by atoms with E-state index in [2.05, 4.69) is 5.32 Å². The van der Waals surface area contributed by atoms with E-state index in [1.54, 1.807) is 32.0 Å². The van der Waals surface area contributed by atoms with Crippen molar-refractivity contribution in [2.24, 2.45) is 0 Å². The van der Waals surface area contributed by atoms with Gasteiger partial charge in [0.05, 0.1) is 11.4 Å². The van der Waals surface area contributed by atoms with Crippen LogP contribution in [0.25, 0.3) is 11.0 Å². The van der Waals surface area contributed by atoms with Crippen LogP contribution in [-0.2, 0) is 24.0 Å². The Hall–Kier alpha value is -5.03. The number of rotatable bonds is 14. The van der Waals surface area contributed by atoms with Crippen molar-refractivity contribution < 1.29 is 58.3 Å². The number of aliphatic carboxylic acids is 4. The summed E-state index contributed by atoms with van der Waals surface area (Å²) >= 11 is 6.02. The lowest BCUT2D eigenvalue weighted by molar-refractivity contribution is -0.138. The van der Waals surface area contributed by atoms with Gasteiger partial charge in [0, 0.05) is 11.5 Å². The molecule has 5 rings (SSSR count). The highest BCUT2D eigenvalue weighted by Crippen LogP contribution is 2.52. The first-order valence-electron chi connectivity index (χ1n) is 13.6. The molecule has 1 saturated carbocycles. The number of benzene rings is 2. The van der Waals surface area contributed by atoms with Crippen LogP contribution >= 0.6 is 24.0 Å². The normalized spacial score (nSPS) is 20.0. The molecule has 2 heterocycles. The molecule has 1 saturated heterocycles. The van der Waals surface area contributed by atoms with Gasteiger partial charge >= 0.3 is 23.9 Å². The van der Waals surface area contributed by atoms with Gasteiger partial charge in [-0.15, -0.1) is 0 Å². The third-order valence-corrected chi connectivity index (χ3v) is 8.39. The molecule has 2 fully saturated rings. The first-order chi connectivity index (χ1) is 21.7. The van der Waals surface area contributed by atoms with E-state index < -0.39 is 72.9 Å². The Morgan fingerprint density at radius 3 is 1.87 bits per heavy atom. The van der Waals surface area contributed by atoms with Crippen molar-refractivity contribution in [2.45, 2.75) is 31.6 Å².